The maximum absolute atomic E-state index is 13.2. The second-order valence-electron chi connectivity index (χ2n) is 4.92. The predicted octanol–water partition coefficient (Wildman–Crippen LogP) is 2.46. The molecule has 0 aliphatic heterocycles. The van der Waals surface area contributed by atoms with E-state index < -0.39 is 5.82 Å². The monoisotopic (exact) mass is 279 g/mol. The van der Waals surface area contributed by atoms with Crippen LogP contribution in [-0.2, 0) is 6.42 Å². The number of allylic oxidation sites excluding steroid dienone is 1. The van der Waals surface area contributed by atoms with Crippen molar-refractivity contribution < 1.29 is 4.39 Å². The summed E-state index contributed by atoms with van der Waals surface area (Å²) in [7, 11) is 0. The number of fused-ring (bicyclic) bond motifs is 2. The third kappa shape index (κ3) is 1.94. The molecule has 0 radical (unpaired) electrons. The van der Waals surface area contributed by atoms with Crippen LogP contribution in [0.2, 0.25) is 0 Å². The minimum atomic E-state index is -0.469. The van der Waals surface area contributed by atoms with E-state index in [-0.39, 0.29) is 5.56 Å². The van der Waals surface area contributed by atoms with E-state index in [0.29, 0.717) is 11.3 Å². The molecule has 1 aliphatic rings. The van der Waals surface area contributed by atoms with Gasteiger partial charge in [-0.3, -0.25) is 14.2 Å². The van der Waals surface area contributed by atoms with Gasteiger partial charge in [-0.2, -0.15) is 0 Å². The fourth-order valence-corrected chi connectivity index (χ4v) is 2.49. The second kappa shape index (κ2) is 4.34. The SMILES string of the molecule is O=c1cc(-c2cnc3c(c2)C=CC3)nc2ccc(F)cn12. The lowest BCUT2D eigenvalue weighted by molar-refractivity contribution is 0.617. The Labute approximate surface area is 119 Å². The smallest absolute Gasteiger partial charge is 0.258 e. The van der Waals surface area contributed by atoms with Gasteiger partial charge in [0.2, 0.25) is 0 Å². The molecule has 4 rings (SSSR count). The van der Waals surface area contributed by atoms with Crippen LogP contribution in [0, 0.1) is 5.82 Å². The molecule has 0 fully saturated rings. The summed E-state index contributed by atoms with van der Waals surface area (Å²) in [6, 6.07) is 6.14. The van der Waals surface area contributed by atoms with Crippen LogP contribution < -0.4 is 5.56 Å². The molecule has 102 valence electrons. The summed E-state index contributed by atoms with van der Waals surface area (Å²) in [4.78, 5) is 20.9. The average Bonchev–Trinajstić information content (AvgIpc) is 2.95. The fraction of sp³-hybridized carbons (Fsp3) is 0.0625. The Hall–Kier alpha value is -2.82. The number of hydrogen-bond donors (Lipinski definition) is 0. The highest BCUT2D eigenvalue weighted by Gasteiger charge is 2.10. The van der Waals surface area contributed by atoms with Crippen molar-refractivity contribution in [2.75, 3.05) is 0 Å². The molecule has 0 amide bonds. The van der Waals surface area contributed by atoms with Gasteiger partial charge in [0.1, 0.15) is 11.5 Å². The number of nitrogens with zero attached hydrogens (tertiary/aromatic N) is 3. The molecule has 3 aromatic heterocycles. The van der Waals surface area contributed by atoms with Gasteiger partial charge in [-0.25, -0.2) is 9.37 Å². The summed E-state index contributed by atoms with van der Waals surface area (Å²) in [5, 5.41) is 0. The first-order valence-corrected chi connectivity index (χ1v) is 6.55. The summed E-state index contributed by atoms with van der Waals surface area (Å²) < 4.78 is 14.4. The molecule has 0 atom stereocenters. The van der Waals surface area contributed by atoms with Crippen molar-refractivity contribution in [3.8, 4) is 11.3 Å². The molecule has 0 bridgehead atoms. The molecule has 3 heterocycles. The second-order valence-corrected chi connectivity index (χ2v) is 4.92. The highest BCUT2D eigenvalue weighted by Crippen LogP contribution is 2.23. The normalized spacial score (nSPS) is 12.8. The van der Waals surface area contributed by atoms with Crippen LogP contribution in [0.4, 0.5) is 4.39 Å². The van der Waals surface area contributed by atoms with Crippen molar-refractivity contribution >= 4 is 11.7 Å². The van der Waals surface area contributed by atoms with E-state index in [1.165, 1.54) is 22.6 Å². The number of rotatable bonds is 1. The third-order valence-corrected chi connectivity index (χ3v) is 3.53. The van der Waals surface area contributed by atoms with Crippen LogP contribution in [-0.4, -0.2) is 14.4 Å². The van der Waals surface area contributed by atoms with Gasteiger partial charge in [-0.1, -0.05) is 12.2 Å². The van der Waals surface area contributed by atoms with Gasteiger partial charge >= 0.3 is 0 Å². The third-order valence-electron chi connectivity index (χ3n) is 3.53. The zero-order chi connectivity index (χ0) is 14.4. The van der Waals surface area contributed by atoms with Crippen molar-refractivity contribution in [1.29, 1.82) is 0 Å². The Balaban J connectivity index is 1.93. The molecule has 5 heteroatoms. The quantitative estimate of drug-likeness (QED) is 0.687. The van der Waals surface area contributed by atoms with Gasteiger partial charge in [0.15, 0.2) is 0 Å². The lowest BCUT2D eigenvalue weighted by atomic mass is 10.1. The van der Waals surface area contributed by atoms with Crippen LogP contribution in [0.15, 0.2) is 47.5 Å². The summed E-state index contributed by atoms with van der Waals surface area (Å²) in [5.74, 6) is -0.469. The van der Waals surface area contributed by atoms with Crippen LogP contribution in [0.5, 0.6) is 0 Å². The maximum atomic E-state index is 13.2. The Bertz CT molecular complexity index is 959. The highest BCUT2D eigenvalue weighted by molar-refractivity contribution is 5.67. The molecule has 0 saturated heterocycles. The van der Waals surface area contributed by atoms with E-state index in [2.05, 4.69) is 9.97 Å². The summed E-state index contributed by atoms with van der Waals surface area (Å²) in [6.07, 6.45) is 7.75. The minimum Gasteiger partial charge on any atom is -0.269 e. The lowest BCUT2D eigenvalue weighted by Crippen LogP contribution is -2.14. The van der Waals surface area contributed by atoms with E-state index in [1.807, 2.05) is 18.2 Å². The molecule has 0 N–H and O–H groups in total. The van der Waals surface area contributed by atoms with Gasteiger partial charge < -0.3 is 0 Å². The number of aromatic nitrogens is 3. The zero-order valence-corrected chi connectivity index (χ0v) is 11.0. The van der Waals surface area contributed by atoms with E-state index in [0.717, 1.165) is 29.4 Å². The van der Waals surface area contributed by atoms with Crippen LogP contribution >= 0.6 is 0 Å². The van der Waals surface area contributed by atoms with Crippen LogP contribution in [0.1, 0.15) is 11.3 Å². The Morgan fingerprint density at radius 3 is 3.05 bits per heavy atom. The Kier molecular flexibility index (Phi) is 2.47. The number of pyridine rings is 2. The topological polar surface area (TPSA) is 47.3 Å². The van der Waals surface area contributed by atoms with E-state index >= 15 is 0 Å². The summed E-state index contributed by atoms with van der Waals surface area (Å²) >= 11 is 0. The van der Waals surface area contributed by atoms with Crippen molar-refractivity contribution in [3.63, 3.8) is 0 Å². The van der Waals surface area contributed by atoms with E-state index in [9.17, 15) is 9.18 Å². The predicted molar refractivity (Wildman–Crippen MR) is 77.4 cm³/mol. The molecule has 0 spiro atoms. The molecule has 21 heavy (non-hydrogen) atoms. The van der Waals surface area contributed by atoms with E-state index in [4.69, 9.17) is 0 Å². The average molecular weight is 279 g/mol. The maximum Gasteiger partial charge on any atom is 0.258 e. The molecule has 0 saturated carbocycles. The molecular formula is C16H10FN3O. The fourth-order valence-electron chi connectivity index (χ4n) is 2.49. The Morgan fingerprint density at radius 2 is 2.14 bits per heavy atom. The van der Waals surface area contributed by atoms with Gasteiger partial charge in [-0.15, -0.1) is 0 Å². The molecule has 1 aliphatic carbocycles. The highest BCUT2D eigenvalue weighted by atomic mass is 19.1. The molecular weight excluding hydrogens is 269 g/mol. The largest absolute Gasteiger partial charge is 0.269 e. The van der Waals surface area contributed by atoms with Crippen molar-refractivity contribution in [2.45, 2.75) is 6.42 Å². The summed E-state index contributed by atoms with van der Waals surface area (Å²) in [6.45, 7) is 0. The summed E-state index contributed by atoms with van der Waals surface area (Å²) in [5.41, 5.74) is 3.50. The Morgan fingerprint density at radius 1 is 1.24 bits per heavy atom. The van der Waals surface area contributed by atoms with E-state index in [1.54, 1.807) is 6.20 Å². The van der Waals surface area contributed by atoms with Gasteiger partial charge in [0.05, 0.1) is 11.4 Å². The van der Waals surface area contributed by atoms with Gasteiger partial charge in [0.25, 0.3) is 5.56 Å². The lowest BCUT2D eigenvalue weighted by Gasteiger charge is -2.06. The van der Waals surface area contributed by atoms with Crippen molar-refractivity contribution in [3.05, 3.63) is 70.2 Å². The van der Waals surface area contributed by atoms with Crippen molar-refractivity contribution in [1.82, 2.24) is 14.4 Å². The number of halogens is 1. The zero-order valence-electron chi connectivity index (χ0n) is 11.0. The van der Waals surface area contributed by atoms with Crippen molar-refractivity contribution in [2.24, 2.45) is 0 Å². The first-order valence-electron chi connectivity index (χ1n) is 6.55. The molecule has 0 aromatic carbocycles. The first kappa shape index (κ1) is 12.0. The van der Waals surface area contributed by atoms with Gasteiger partial charge in [-0.05, 0) is 23.8 Å². The molecule has 0 unspecified atom stereocenters. The molecule has 4 nitrogen and oxygen atoms in total. The standard InChI is InChI=1S/C16H10FN3O/c17-12-4-5-15-19-14(7-16(21)20(15)9-12)11-6-10-2-1-3-13(10)18-8-11/h1-2,4-9H,3H2. The molecule has 3 aromatic rings. The van der Waals surface area contributed by atoms with Gasteiger partial charge in [0, 0.05) is 30.4 Å². The number of hydrogen-bond acceptors (Lipinski definition) is 3. The first-order chi connectivity index (χ1) is 10.2. The van der Waals surface area contributed by atoms with Crippen LogP contribution in [0.3, 0.4) is 0 Å². The minimum absolute atomic E-state index is 0.314. The van der Waals surface area contributed by atoms with Crippen LogP contribution in [0.25, 0.3) is 23.0 Å².